The van der Waals surface area contributed by atoms with Crippen LogP contribution < -0.4 is 10.1 Å². The van der Waals surface area contributed by atoms with Crippen LogP contribution in [0.3, 0.4) is 0 Å². The first kappa shape index (κ1) is 14.4. The lowest BCUT2D eigenvalue weighted by atomic mass is 10.2. The van der Waals surface area contributed by atoms with Crippen LogP contribution in [-0.4, -0.2) is 28.0 Å². The van der Waals surface area contributed by atoms with E-state index in [1.165, 1.54) is 25.7 Å². The quantitative estimate of drug-likeness (QED) is 0.911. The molecule has 1 aliphatic rings. The van der Waals surface area contributed by atoms with Crippen molar-refractivity contribution in [3.05, 3.63) is 47.4 Å². The Kier molecular flexibility index (Phi) is 3.95. The summed E-state index contributed by atoms with van der Waals surface area (Å²) in [7, 11) is 1.49. The van der Waals surface area contributed by atoms with Gasteiger partial charge < -0.3 is 10.1 Å². The summed E-state index contributed by atoms with van der Waals surface area (Å²) < 4.78 is 19.0. The number of hydrogen-bond donors (Lipinski definition) is 1. The molecule has 1 saturated carbocycles. The van der Waals surface area contributed by atoms with E-state index in [4.69, 9.17) is 4.74 Å². The van der Waals surface area contributed by atoms with Crippen molar-refractivity contribution in [3.8, 4) is 5.88 Å². The highest BCUT2D eigenvalue weighted by Gasteiger charge is 2.28. The molecule has 1 fully saturated rings. The third-order valence-corrected chi connectivity index (χ3v) is 3.48. The van der Waals surface area contributed by atoms with Crippen molar-refractivity contribution >= 4 is 5.91 Å². The smallest absolute Gasteiger partial charge is 0.253 e. The fourth-order valence-electron chi connectivity index (χ4n) is 2.16. The number of rotatable bonds is 5. The highest BCUT2D eigenvalue weighted by Crippen LogP contribution is 2.40. The Balaban J connectivity index is 1.68. The monoisotopic (exact) mass is 302 g/mol. The molecule has 3 rings (SSSR count). The molecule has 114 valence electrons. The van der Waals surface area contributed by atoms with Gasteiger partial charge in [0.15, 0.2) is 0 Å². The van der Waals surface area contributed by atoms with E-state index < -0.39 is 11.7 Å². The van der Waals surface area contributed by atoms with E-state index in [1.807, 2.05) is 0 Å². The van der Waals surface area contributed by atoms with Gasteiger partial charge >= 0.3 is 0 Å². The van der Waals surface area contributed by atoms with Crippen LogP contribution in [0.5, 0.6) is 5.88 Å². The first-order chi connectivity index (χ1) is 10.7. The summed E-state index contributed by atoms with van der Waals surface area (Å²) in [4.78, 5) is 24.0. The largest absolute Gasteiger partial charge is 0.481 e. The number of aromatic nitrogens is 3. The van der Waals surface area contributed by atoms with Crippen LogP contribution in [-0.2, 0) is 6.54 Å². The average molecular weight is 302 g/mol. The molecule has 0 aromatic carbocycles. The summed E-state index contributed by atoms with van der Waals surface area (Å²) >= 11 is 0. The minimum absolute atomic E-state index is 0.189. The van der Waals surface area contributed by atoms with E-state index >= 15 is 0 Å². The van der Waals surface area contributed by atoms with Gasteiger partial charge in [-0.15, -0.1) is 0 Å². The minimum Gasteiger partial charge on any atom is -0.481 e. The van der Waals surface area contributed by atoms with E-state index in [1.54, 1.807) is 6.20 Å². The Morgan fingerprint density at radius 3 is 2.91 bits per heavy atom. The maximum Gasteiger partial charge on any atom is 0.253 e. The molecule has 0 spiro atoms. The van der Waals surface area contributed by atoms with Crippen molar-refractivity contribution in [1.29, 1.82) is 0 Å². The van der Waals surface area contributed by atoms with E-state index in [0.717, 1.165) is 12.8 Å². The second kappa shape index (κ2) is 6.05. The van der Waals surface area contributed by atoms with Crippen molar-refractivity contribution in [2.45, 2.75) is 25.3 Å². The molecule has 2 aromatic rings. The zero-order chi connectivity index (χ0) is 15.5. The molecular weight excluding hydrogens is 287 g/mol. The molecule has 2 aromatic heterocycles. The van der Waals surface area contributed by atoms with E-state index in [0.29, 0.717) is 17.1 Å². The van der Waals surface area contributed by atoms with Crippen LogP contribution in [0.2, 0.25) is 0 Å². The van der Waals surface area contributed by atoms with Crippen molar-refractivity contribution in [3.63, 3.8) is 0 Å². The van der Waals surface area contributed by atoms with Crippen molar-refractivity contribution in [2.75, 3.05) is 7.11 Å². The van der Waals surface area contributed by atoms with Gasteiger partial charge in [-0.25, -0.2) is 14.4 Å². The number of nitrogens with one attached hydrogen (secondary N) is 1. The fraction of sp³-hybridized carbons (Fsp3) is 0.333. The van der Waals surface area contributed by atoms with Crippen LogP contribution >= 0.6 is 0 Å². The lowest BCUT2D eigenvalue weighted by Crippen LogP contribution is -2.23. The number of nitrogens with zero attached hydrogens (tertiary/aromatic N) is 3. The lowest BCUT2D eigenvalue weighted by Gasteiger charge is -2.08. The summed E-state index contributed by atoms with van der Waals surface area (Å²) in [6.07, 6.45) is 6.25. The highest BCUT2D eigenvalue weighted by molar-refractivity contribution is 5.93. The predicted molar refractivity (Wildman–Crippen MR) is 75.9 cm³/mol. The minimum atomic E-state index is -0.421. The number of halogens is 1. The Morgan fingerprint density at radius 1 is 1.41 bits per heavy atom. The first-order valence-corrected chi connectivity index (χ1v) is 6.95. The molecular formula is C15H15FN4O2. The number of carbonyl (C=O) groups is 1. The molecule has 22 heavy (non-hydrogen) atoms. The normalized spacial score (nSPS) is 13.7. The number of amides is 1. The molecule has 7 heteroatoms. The van der Waals surface area contributed by atoms with Gasteiger partial charge in [-0.3, -0.25) is 9.78 Å². The predicted octanol–water partition coefficient (Wildman–Crippen LogP) is 1.83. The van der Waals surface area contributed by atoms with Gasteiger partial charge in [0, 0.05) is 24.9 Å². The highest BCUT2D eigenvalue weighted by atomic mass is 19.1. The van der Waals surface area contributed by atoms with Crippen LogP contribution in [0.15, 0.2) is 24.8 Å². The second-order valence-corrected chi connectivity index (χ2v) is 5.11. The van der Waals surface area contributed by atoms with Gasteiger partial charge in [-0.1, -0.05) is 0 Å². The summed E-state index contributed by atoms with van der Waals surface area (Å²) in [5.74, 6) is -0.220. The fourth-order valence-corrected chi connectivity index (χ4v) is 2.16. The number of carbonyl (C=O) groups excluding carboxylic acids is 1. The molecule has 1 N–H and O–H groups in total. The van der Waals surface area contributed by atoms with Gasteiger partial charge in [-0.2, -0.15) is 0 Å². The standard InChI is InChI=1S/C15H15FN4O2/c1-22-15-11(5-17-8-20-15)7-19-14(21)10-4-12(16)13(18-6-10)9-2-3-9/h4-6,8-9H,2-3,7H2,1H3,(H,19,21). The Morgan fingerprint density at radius 2 is 2.23 bits per heavy atom. The third-order valence-electron chi connectivity index (χ3n) is 3.48. The molecule has 1 aliphatic carbocycles. The molecule has 0 unspecified atom stereocenters. The molecule has 0 aliphatic heterocycles. The van der Waals surface area contributed by atoms with E-state index in [-0.39, 0.29) is 18.0 Å². The van der Waals surface area contributed by atoms with Gasteiger partial charge in [0.1, 0.15) is 12.1 Å². The van der Waals surface area contributed by atoms with Crippen LogP contribution in [0.1, 0.15) is 40.4 Å². The first-order valence-electron chi connectivity index (χ1n) is 6.95. The van der Waals surface area contributed by atoms with Gasteiger partial charge in [0.25, 0.3) is 5.91 Å². The van der Waals surface area contributed by atoms with Crippen molar-refractivity contribution in [2.24, 2.45) is 0 Å². The zero-order valence-corrected chi connectivity index (χ0v) is 12.0. The topological polar surface area (TPSA) is 77.0 Å². The Labute approximate surface area is 126 Å². The van der Waals surface area contributed by atoms with Crippen LogP contribution in [0, 0.1) is 5.82 Å². The van der Waals surface area contributed by atoms with Gasteiger partial charge in [-0.05, 0) is 18.9 Å². The Hall–Kier alpha value is -2.57. The van der Waals surface area contributed by atoms with E-state index in [2.05, 4.69) is 20.3 Å². The SMILES string of the molecule is COc1ncncc1CNC(=O)c1cnc(C2CC2)c(F)c1. The average Bonchev–Trinajstić information content (AvgIpc) is 3.37. The Bertz CT molecular complexity index is 704. The zero-order valence-electron chi connectivity index (χ0n) is 12.0. The summed E-state index contributed by atoms with van der Waals surface area (Å²) in [5, 5.41) is 2.68. The maximum absolute atomic E-state index is 13.9. The molecule has 0 saturated heterocycles. The van der Waals surface area contributed by atoms with Gasteiger partial charge in [0.05, 0.1) is 23.9 Å². The third kappa shape index (κ3) is 3.03. The molecule has 0 bridgehead atoms. The maximum atomic E-state index is 13.9. The van der Waals surface area contributed by atoms with Gasteiger partial charge in [0.2, 0.25) is 5.88 Å². The second-order valence-electron chi connectivity index (χ2n) is 5.11. The molecule has 0 radical (unpaired) electrons. The molecule has 0 atom stereocenters. The van der Waals surface area contributed by atoms with Crippen molar-refractivity contribution in [1.82, 2.24) is 20.3 Å². The summed E-state index contributed by atoms with van der Waals surface area (Å²) in [6, 6.07) is 1.23. The molecule has 6 nitrogen and oxygen atoms in total. The number of hydrogen-bond acceptors (Lipinski definition) is 5. The number of ether oxygens (including phenoxy) is 1. The number of pyridine rings is 1. The molecule has 2 heterocycles. The van der Waals surface area contributed by atoms with Crippen LogP contribution in [0.4, 0.5) is 4.39 Å². The van der Waals surface area contributed by atoms with Crippen LogP contribution in [0.25, 0.3) is 0 Å². The van der Waals surface area contributed by atoms with E-state index in [9.17, 15) is 9.18 Å². The molecule has 1 amide bonds. The summed E-state index contributed by atoms with van der Waals surface area (Å²) in [5.41, 5.74) is 1.29. The lowest BCUT2D eigenvalue weighted by molar-refractivity contribution is 0.0949. The summed E-state index contributed by atoms with van der Waals surface area (Å²) in [6.45, 7) is 0.189. The van der Waals surface area contributed by atoms with Crippen molar-refractivity contribution < 1.29 is 13.9 Å². The number of methoxy groups -OCH3 is 1.